The van der Waals surface area contributed by atoms with Crippen LogP contribution in [0.15, 0.2) is 53.3 Å². The molecule has 0 fully saturated rings. The largest absolute Gasteiger partial charge is 0.295 e. The fourth-order valence-electron chi connectivity index (χ4n) is 1.87. The Bertz CT molecular complexity index is 784. The number of rotatable bonds is 2. The van der Waals surface area contributed by atoms with Crippen LogP contribution in [0.4, 0.5) is 0 Å². The Morgan fingerprint density at radius 2 is 1.76 bits per heavy atom. The molecule has 2 aromatic carbocycles. The number of fused-ring (bicyclic) bond motifs is 1. The van der Waals surface area contributed by atoms with Crippen LogP contribution >= 0.6 is 11.5 Å². The summed E-state index contributed by atoms with van der Waals surface area (Å²) in [7, 11) is 0. The molecule has 0 amide bonds. The van der Waals surface area contributed by atoms with E-state index in [2.05, 4.69) is 11.3 Å². The van der Waals surface area contributed by atoms with Crippen molar-refractivity contribution in [3.05, 3.63) is 70.0 Å². The van der Waals surface area contributed by atoms with Gasteiger partial charge in [-0.3, -0.25) is 14.0 Å². The van der Waals surface area contributed by atoms with E-state index in [4.69, 9.17) is 0 Å². The van der Waals surface area contributed by atoms with Gasteiger partial charge in [0.1, 0.15) is 0 Å². The predicted octanol–water partition coefficient (Wildman–Crippen LogP) is 4.04. The summed E-state index contributed by atoms with van der Waals surface area (Å²) >= 11 is 1.38. The molecule has 0 bridgehead atoms. The molecule has 1 N–H and O–H groups in total. The number of aromatic nitrogens is 1. The van der Waals surface area contributed by atoms with Crippen LogP contribution in [-0.4, -0.2) is 10.2 Å². The first-order valence-corrected chi connectivity index (χ1v) is 7.59. The van der Waals surface area contributed by atoms with Crippen LogP contribution in [0.25, 0.3) is 10.1 Å². The quantitative estimate of drug-likeness (QED) is 0.726. The molecule has 0 radical (unpaired) electrons. The Labute approximate surface area is 127 Å². The first-order valence-electron chi connectivity index (χ1n) is 6.78. The van der Waals surface area contributed by atoms with Gasteiger partial charge in [-0.1, -0.05) is 54.9 Å². The number of benzene rings is 2. The van der Waals surface area contributed by atoms with Crippen LogP contribution in [0.3, 0.4) is 0 Å². The number of aromatic amines is 1. The van der Waals surface area contributed by atoms with E-state index in [-0.39, 0.29) is 11.3 Å². The van der Waals surface area contributed by atoms with E-state index < -0.39 is 0 Å². The molecule has 108 valence electrons. The minimum absolute atomic E-state index is 0.0144. The molecule has 1 heterocycles. The van der Waals surface area contributed by atoms with Crippen molar-refractivity contribution in [1.29, 1.82) is 0 Å². The molecule has 21 heavy (non-hydrogen) atoms. The first kappa shape index (κ1) is 15.2. The number of Topliss-reactive ketones (excluding diaryl/α,β-unsaturated/α-hetero) is 1. The fraction of sp³-hybridized carbons (Fsp3) is 0.176. The van der Waals surface area contributed by atoms with E-state index in [0.717, 1.165) is 22.1 Å². The maximum Gasteiger partial charge on any atom is 0.265 e. The summed E-state index contributed by atoms with van der Waals surface area (Å²) in [6, 6.07) is 15.3. The Hall–Kier alpha value is -2.20. The van der Waals surface area contributed by atoms with Gasteiger partial charge in [-0.2, -0.15) is 0 Å². The highest BCUT2D eigenvalue weighted by Crippen LogP contribution is 2.11. The van der Waals surface area contributed by atoms with Crippen molar-refractivity contribution in [2.75, 3.05) is 0 Å². The monoisotopic (exact) mass is 299 g/mol. The molecule has 0 aliphatic heterocycles. The lowest BCUT2D eigenvalue weighted by Gasteiger charge is -1.97. The van der Waals surface area contributed by atoms with Gasteiger partial charge in [0.2, 0.25) is 0 Å². The number of hydrogen-bond donors (Lipinski definition) is 1. The van der Waals surface area contributed by atoms with Gasteiger partial charge >= 0.3 is 0 Å². The Kier molecular flexibility index (Phi) is 5.06. The summed E-state index contributed by atoms with van der Waals surface area (Å²) in [6.07, 6.45) is 1.03. The third-order valence-corrected chi connectivity index (χ3v) is 4.02. The number of hydrogen-bond acceptors (Lipinski definition) is 3. The molecule has 0 saturated carbocycles. The van der Waals surface area contributed by atoms with Crippen molar-refractivity contribution in [2.45, 2.75) is 20.3 Å². The average molecular weight is 299 g/mol. The number of carbonyl (C=O) groups is 1. The number of aryl methyl sites for hydroxylation is 1. The Morgan fingerprint density at radius 3 is 2.33 bits per heavy atom. The van der Waals surface area contributed by atoms with E-state index in [1.165, 1.54) is 17.1 Å². The van der Waals surface area contributed by atoms with E-state index in [9.17, 15) is 9.59 Å². The Balaban J connectivity index is 0.000000154. The maximum atomic E-state index is 10.9. The molecular formula is C17H17NO2S. The standard InChI is InChI=1S/C10H12O.C7H5NOS/c1-3-9-4-6-10(7-5-9)8(2)11;9-7-5-3-1-2-4-6(5)10-8-7/h4-7H,3H2,1-2H3;1-4H,(H,8,9). The average Bonchev–Trinajstić information content (AvgIpc) is 2.90. The number of nitrogens with one attached hydrogen (secondary N) is 1. The zero-order valence-electron chi connectivity index (χ0n) is 12.1. The molecule has 4 heteroatoms. The molecule has 0 saturated heterocycles. The highest BCUT2D eigenvalue weighted by molar-refractivity contribution is 7.13. The highest BCUT2D eigenvalue weighted by atomic mass is 32.1. The molecule has 0 atom stereocenters. The zero-order valence-corrected chi connectivity index (χ0v) is 12.9. The normalized spacial score (nSPS) is 10.0. The zero-order chi connectivity index (χ0) is 15.2. The highest BCUT2D eigenvalue weighted by Gasteiger charge is 1.97. The summed E-state index contributed by atoms with van der Waals surface area (Å²) in [5.41, 5.74) is 2.08. The number of carbonyl (C=O) groups excluding carboxylic acids is 1. The van der Waals surface area contributed by atoms with Gasteiger partial charge in [-0.25, -0.2) is 0 Å². The lowest BCUT2D eigenvalue weighted by atomic mass is 10.1. The molecule has 3 aromatic rings. The van der Waals surface area contributed by atoms with E-state index in [1.54, 1.807) is 6.92 Å². The molecular weight excluding hydrogens is 282 g/mol. The summed E-state index contributed by atoms with van der Waals surface area (Å²) in [5, 5.41) is 0.785. The molecule has 1 aromatic heterocycles. The van der Waals surface area contributed by atoms with E-state index in [0.29, 0.717) is 0 Å². The summed E-state index contributed by atoms with van der Waals surface area (Å²) in [6.45, 7) is 3.68. The van der Waals surface area contributed by atoms with Gasteiger partial charge < -0.3 is 0 Å². The second-order valence-electron chi connectivity index (χ2n) is 4.64. The van der Waals surface area contributed by atoms with Crippen LogP contribution in [0.5, 0.6) is 0 Å². The van der Waals surface area contributed by atoms with Crippen molar-refractivity contribution in [3.8, 4) is 0 Å². The summed E-state index contributed by atoms with van der Waals surface area (Å²) in [5.74, 6) is 0.132. The molecule has 3 rings (SSSR count). The number of ketones is 1. The summed E-state index contributed by atoms with van der Waals surface area (Å²) in [4.78, 5) is 21.8. The molecule has 0 aliphatic rings. The predicted molar refractivity (Wildman–Crippen MR) is 88.3 cm³/mol. The maximum absolute atomic E-state index is 10.9. The van der Waals surface area contributed by atoms with Crippen molar-refractivity contribution in [3.63, 3.8) is 0 Å². The summed E-state index contributed by atoms with van der Waals surface area (Å²) < 4.78 is 3.68. The van der Waals surface area contributed by atoms with Crippen LogP contribution in [0.2, 0.25) is 0 Å². The van der Waals surface area contributed by atoms with E-state index in [1.807, 2.05) is 48.5 Å². The molecule has 0 spiro atoms. The topological polar surface area (TPSA) is 49.9 Å². The lowest BCUT2D eigenvalue weighted by Crippen LogP contribution is -1.94. The number of H-pyrrole nitrogens is 1. The van der Waals surface area contributed by atoms with E-state index >= 15 is 0 Å². The van der Waals surface area contributed by atoms with Crippen LogP contribution in [-0.2, 0) is 6.42 Å². The van der Waals surface area contributed by atoms with Gasteiger partial charge in [-0.15, -0.1) is 0 Å². The second kappa shape index (κ2) is 6.99. The fourth-order valence-corrected chi connectivity index (χ4v) is 2.60. The minimum atomic E-state index is 0.0144. The van der Waals surface area contributed by atoms with Crippen LogP contribution in [0.1, 0.15) is 29.8 Å². The van der Waals surface area contributed by atoms with Crippen LogP contribution in [0, 0.1) is 0 Å². The van der Waals surface area contributed by atoms with Gasteiger partial charge in [0.05, 0.1) is 10.1 Å². The lowest BCUT2D eigenvalue weighted by molar-refractivity contribution is 0.101. The van der Waals surface area contributed by atoms with Crippen molar-refractivity contribution in [1.82, 2.24) is 4.37 Å². The van der Waals surface area contributed by atoms with Crippen molar-refractivity contribution in [2.24, 2.45) is 0 Å². The molecule has 0 unspecified atom stereocenters. The molecule has 3 nitrogen and oxygen atoms in total. The van der Waals surface area contributed by atoms with Crippen LogP contribution < -0.4 is 5.56 Å². The van der Waals surface area contributed by atoms with Gasteiger partial charge in [0.25, 0.3) is 5.56 Å². The van der Waals surface area contributed by atoms with Crippen molar-refractivity contribution < 1.29 is 4.79 Å². The smallest absolute Gasteiger partial charge is 0.265 e. The molecule has 0 aliphatic carbocycles. The first-order chi connectivity index (χ1) is 10.1. The van der Waals surface area contributed by atoms with Gasteiger partial charge in [0.15, 0.2) is 5.78 Å². The second-order valence-corrected chi connectivity index (χ2v) is 5.48. The minimum Gasteiger partial charge on any atom is -0.295 e. The Morgan fingerprint density at radius 1 is 1.10 bits per heavy atom. The van der Waals surface area contributed by atoms with Gasteiger partial charge in [0, 0.05) is 5.56 Å². The van der Waals surface area contributed by atoms with Gasteiger partial charge in [-0.05, 0) is 31.0 Å². The third-order valence-electron chi connectivity index (χ3n) is 3.15. The third kappa shape index (κ3) is 3.89. The van der Waals surface area contributed by atoms with Crippen molar-refractivity contribution >= 4 is 27.4 Å². The SMILES string of the molecule is CCc1ccc(C(C)=O)cc1.O=c1[nH]sc2ccccc12.